The van der Waals surface area contributed by atoms with E-state index in [-0.39, 0.29) is 19.0 Å². The molecule has 0 aliphatic carbocycles. The zero-order valence-electron chi connectivity index (χ0n) is 14.5. The molecule has 2 aromatic rings. The monoisotopic (exact) mass is 344 g/mol. The summed E-state index contributed by atoms with van der Waals surface area (Å²) < 4.78 is 5.59. The van der Waals surface area contributed by atoms with Crippen molar-refractivity contribution in [3.63, 3.8) is 0 Å². The number of ether oxygens (including phenoxy) is 1. The van der Waals surface area contributed by atoms with Gasteiger partial charge >= 0.3 is 0 Å². The molecule has 1 unspecified atom stereocenters. The molecule has 25 heavy (non-hydrogen) atoms. The lowest BCUT2D eigenvalue weighted by molar-refractivity contribution is -0.917. The second kappa shape index (κ2) is 9.93. The molecule has 2 aromatic carbocycles. The number of Topliss-reactive ketones (excluding diaryl/α,β-unsaturated/α-hetero) is 1. The minimum atomic E-state index is -0.641. The van der Waals surface area contributed by atoms with E-state index in [1.807, 2.05) is 30.3 Å². The number of ketones is 1. The lowest BCUT2D eigenvalue weighted by Gasteiger charge is -2.22. The van der Waals surface area contributed by atoms with Crippen LogP contribution in [0.5, 0.6) is 5.75 Å². The number of hydrogen-bond donors (Lipinski definition) is 3. The van der Waals surface area contributed by atoms with Crippen molar-refractivity contribution in [1.29, 1.82) is 0 Å². The van der Waals surface area contributed by atoms with Gasteiger partial charge in [-0.1, -0.05) is 30.3 Å². The number of aliphatic hydroxyl groups is 2. The topological polar surface area (TPSA) is 71.2 Å². The van der Waals surface area contributed by atoms with Gasteiger partial charge in [-0.05, 0) is 31.2 Å². The third-order valence-electron chi connectivity index (χ3n) is 3.99. The van der Waals surface area contributed by atoms with Crippen molar-refractivity contribution in [2.45, 2.75) is 19.6 Å². The van der Waals surface area contributed by atoms with Crippen LogP contribution in [0.25, 0.3) is 0 Å². The van der Waals surface area contributed by atoms with E-state index >= 15 is 0 Å². The number of benzene rings is 2. The number of carbonyl (C=O) groups is 1. The van der Waals surface area contributed by atoms with Crippen molar-refractivity contribution in [3.05, 3.63) is 65.7 Å². The maximum absolute atomic E-state index is 11.3. The summed E-state index contributed by atoms with van der Waals surface area (Å²) in [5.41, 5.74) is 1.80. The van der Waals surface area contributed by atoms with E-state index < -0.39 is 6.10 Å². The second-order valence-electron chi connectivity index (χ2n) is 6.14. The SMILES string of the molecule is CC(=O)c1ccc(OC[C@H](O)C[NH+](CCO)Cc2ccccc2)cc1. The molecule has 2 rings (SSSR count). The van der Waals surface area contributed by atoms with Gasteiger partial charge in [-0.2, -0.15) is 0 Å². The number of rotatable bonds is 10. The van der Waals surface area contributed by atoms with Crippen molar-refractivity contribution in [2.24, 2.45) is 0 Å². The van der Waals surface area contributed by atoms with Gasteiger partial charge in [0.25, 0.3) is 0 Å². The first kappa shape index (κ1) is 19.1. The summed E-state index contributed by atoms with van der Waals surface area (Å²) in [6.07, 6.45) is -0.641. The van der Waals surface area contributed by atoms with Crippen LogP contribution in [0.1, 0.15) is 22.8 Å². The number of carbonyl (C=O) groups excluding carboxylic acids is 1. The molecule has 0 spiro atoms. The predicted molar refractivity (Wildman–Crippen MR) is 95.9 cm³/mol. The normalized spacial score (nSPS) is 13.2. The van der Waals surface area contributed by atoms with Crippen LogP contribution in [0.3, 0.4) is 0 Å². The summed E-state index contributed by atoms with van der Waals surface area (Å²) in [6.45, 7) is 3.56. The molecule has 0 bridgehead atoms. The number of nitrogens with one attached hydrogen (secondary N) is 1. The van der Waals surface area contributed by atoms with Crippen LogP contribution in [0.4, 0.5) is 0 Å². The van der Waals surface area contributed by atoms with E-state index in [0.717, 1.165) is 11.4 Å². The van der Waals surface area contributed by atoms with Gasteiger partial charge in [-0.15, -0.1) is 0 Å². The van der Waals surface area contributed by atoms with Gasteiger partial charge < -0.3 is 19.8 Å². The molecule has 2 atom stereocenters. The molecular formula is C20H26NO4+. The van der Waals surface area contributed by atoms with Crippen LogP contribution in [-0.2, 0) is 6.54 Å². The van der Waals surface area contributed by atoms with Crippen molar-refractivity contribution < 1.29 is 24.6 Å². The van der Waals surface area contributed by atoms with Crippen LogP contribution in [0.15, 0.2) is 54.6 Å². The Hall–Kier alpha value is -2.21. The fraction of sp³-hybridized carbons (Fsp3) is 0.350. The molecule has 3 N–H and O–H groups in total. The smallest absolute Gasteiger partial charge is 0.159 e. The summed E-state index contributed by atoms with van der Waals surface area (Å²) in [7, 11) is 0. The molecule has 0 amide bonds. The highest BCUT2D eigenvalue weighted by Crippen LogP contribution is 2.12. The van der Waals surface area contributed by atoms with Gasteiger partial charge in [0.2, 0.25) is 0 Å². The Kier molecular flexibility index (Phi) is 7.60. The van der Waals surface area contributed by atoms with Crippen molar-refractivity contribution in [3.8, 4) is 5.75 Å². The third kappa shape index (κ3) is 6.66. The zero-order valence-corrected chi connectivity index (χ0v) is 14.5. The summed E-state index contributed by atoms with van der Waals surface area (Å²) in [6, 6.07) is 16.9. The van der Waals surface area contributed by atoms with Crippen LogP contribution < -0.4 is 9.64 Å². The van der Waals surface area contributed by atoms with Crippen LogP contribution in [0, 0.1) is 0 Å². The molecule has 0 heterocycles. The van der Waals surface area contributed by atoms with Gasteiger partial charge in [0.1, 0.15) is 38.1 Å². The summed E-state index contributed by atoms with van der Waals surface area (Å²) in [5.74, 6) is 0.631. The van der Waals surface area contributed by atoms with Crippen LogP contribution in [0.2, 0.25) is 0 Å². The average molecular weight is 344 g/mol. The third-order valence-corrected chi connectivity index (χ3v) is 3.99. The van der Waals surface area contributed by atoms with E-state index in [9.17, 15) is 15.0 Å². The molecule has 0 aromatic heterocycles. The molecule has 5 heteroatoms. The first-order valence-corrected chi connectivity index (χ1v) is 8.48. The highest BCUT2D eigenvalue weighted by molar-refractivity contribution is 5.94. The van der Waals surface area contributed by atoms with E-state index in [2.05, 4.69) is 0 Å². The first-order valence-electron chi connectivity index (χ1n) is 8.48. The molecule has 0 aliphatic heterocycles. The zero-order chi connectivity index (χ0) is 18.1. The van der Waals surface area contributed by atoms with Crippen LogP contribution in [-0.4, -0.2) is 48.4 Å². The highest BCUT2D eigenvalue weighted by Gasteiger charge is 2.16. The maximum Gasteiger partial charge on any atom is 0.159 e. The van der Waals surface area contributed by atoms with E-state index in [4.69, 9.17) is 4.74 Å². The molecule has 0 saturated heterocycles. The van der Waals surface area contributed by atoms with Crippen molar-refractivity contribution >= 4 is 5.78 Å². The Morgan fingerprint density at radius 3 is 2.40 bits per heavy atom. The largest absolute Gasteiger partial charge is 0.491 e. The molecule has 0 fully saturated rings. The quantitative estimate of drug-likeness (QED) is 0.555. The Morgan fingerprint density at radius 1 is 1.12 bits per heavy atom. The van der Waals surface area contributed by atoms with E-state index in [0.29, 0.717) is 24.4 Å². The minimum Gasteiger partial charge on any atom is -0.491 e. The first-order chi connectivity index (χ1) is 12.1. The van der Waals surface area contributed by atoms with Gasteiger partial charge in [0.15, 0.2) is 5.78 Å². The molecular weight excluding hydrogens is 318 g/mol. The Labute approximate surface area is 148 Å². The highest BCUT2D eigenvalue weighted by atomic mass is 16.5. The van der Waals surface area contributed by atoms with Gasteiger partial charge in [0.05, 0.1) is 6.61 Å². The summed E-state index contributed by atoms with van der Waals surface area (Å²) in [4.78, 5) is 12.3. The average Bonchev–Trinajstić information content (AvgIpc) is 2.61. The Bertz CT molecular complexity index is 643. The molecule has 0 aliphatic rings. The Morgan fingerprint density at radius 2 is 1.80 bits per heavy atom. The molecule has 134 valence electrons. The van der Waals surface area contributed by atoms with E-state index in [1.165, 1.54) is 12.5 Å². The Balaban J connectivity index is 1.83. The fourth-order valence-electron chi connectivity index (χ4n) is 2.68. The van der Waals surface area contributed by atoms with Gasteiger partial charge in [0, 0.05) is 11.1 Å². The standard InChI is InChI=1S/C20H25NO4/c1-16(23)18-7-9-20(10-8-18)25-15-19(24)14-21(11-12-22)13-17-5-3-2-4-6-17/h2-10,19,22,24H,11-15H2,1H3/p+1/t19-/m1/s1. The van der Waals surface area contributed by atoms with Crippen molar-refractivity contribution in [1.82, 2.24) is 0 Å². The number of aliphatic hydroxyl groups excluding tert-OH is 2. The second-order valence-corrected chi connectivity index (χ2v) is 6.14. The maximum atomic E-state index is 11.3. The number of hydrogen-bond acceptors (Lipinski definition) is 4. The minimum absolute atomic E-state index is 0.00995. The summed E-state index contributed by atoms with van der Waals surface area (Å²) in [5, 5.41) is 19.5. The molecule has 0 saturated carbocycles. The molecule has 0 radical (unpaired) electrons. The predicted octanol–water partition coefficient (Wildman–Crippen LogP) is 0.706. The summed E-state index contributed by atoms with van der Waals surface area (Å²) >= 11 is 0. The van der Waals surface area contributed by atoms with E-state index in [1.54, 1.807) is 24.3 Å². The lowest BCUT2D eigenvalue weighted by atomic mass is 10.1. The van der Waals surface area contributed by atoms with Crippen molar-refractivity contribution in [2.75, 3.05) is 26.3 Å². The fourth-order valence-corrected chi connectivity index (χ4v) is 2.68. The molecule has 5 nitrogen and oxygen atoms in total. The van der Waals surface area contributed by atoms with Gasteiger partial charge in [-0.3, -0.25) is 4.79 Å². The van der Waals surface area contributed by atoms with Gasteiger partial charge in [-0.25, -0.2) is 0 Å². The lowest BCUT2D eigenvalue weighted by Crippen LogP contribution is -3.12. The van der Waals surface area contributed by atoms with Crippen LogP contribution >= 0.6 is 0 Å². The number of quaternary nitrogens is 1.